The number of rotatable bonds is 10. The van der Waals surface area contributed by atoms with Gasteiger partial charge in [-0.25, -0.2) is 14.4 Å². The number of nitrogens with one attached hydrogen (secondary N) is 2. The number of aliphatic hydroxyl groups is 2. The Bertz CT molecular complexity index is 1700. The highest BCUT2D eigenvalue weighted by Gasteiger charge is 2.30. The number of piperazine rings is 1. The molecule has 1 fully saturated rings. The van der Waals surface area contributed by atoms with Crippen LogP contribution >= 0.6 is 23.2 Å². The average molecular weight is 758 g/mol. The number of halogens is 3. The third-order valence-electron chi connectivity index (χ3n) is 8.80. The normalized spacial score (nSPS) is 19.7. The van der Waals surface area contributed by atoms with Gasteiger partial charge in [-0.15, -0.1) is 0 Å². The first-order valence-corrected chi connectivity index (χ1v) is 19.7. The van der Waals surface area contributed by atoms with Gasteiger partial charge < -0.3 is 30.6 Å². The Hall–Kier alpha value is -2.69. The van der Waals surface area contributed by atoms with E-state index in [1.165, 1.54) is 6.07 Å². The number of aliphatic hydroxyl groups excluding tert-OH is 2. The molecule has 12 nitrogen and oxygen atoms in total. The second-order valence-electron chi connectivity index (χ2n) is 12.8. The van der Waals surface area contributed by atoms with Crippen molar-refractivity contribution < 1.29 is 23.0 Å². The Labute approximate surface area is 301 Å². The van der Waals surface area contributed by atoms with E-state index in [9.17, 15) is 23.0 Å². The Balaban J connectivity index is 0.000000221. The second-order valence-corrected chi connectivity index (χ2v) is 16.6. The van der Waals surface area contributed by atoms with E-state index in [0.29, 0.717) is 88.6 Å². The molecule has 0 amide bonds. The van der Waals surface area contributed by atoms with Crippen LogP contribution in [0.25, 0.3) is 0 Å². The van der Waals surface area contributed by atoms with Crippen molar-refractivity contribution in [2.45, 2.75) is 62.4 Å². The van der Waals surface area contributed by atoms with Crippen LogP contribution in [-0.4, -0.2) is 102 Å². The van der Waals surface area contributed by atoms with Crippen LogP contribution in [0.3, 0.4) is 0 Å². The first-order valence-electron chi connectivity index (χ1n) is 16.3. The third-order valence-corrected chi connectivity index (χ3v) is 12.1. The van der Waals surface area contributed by atoms with Gasteiger partial charge in [0.25, 0.3) is 0 Å². The zero-order valence-electron chi connectivity index (χ0n) is 28.0. The predicted octanol–water partition coefficient (Wildman–Crippen LogP) is 3.91. The van der Waals surface area contributed by atoms with Crippen LogP contribution in [0.1, 0.15) is 39.1 Å². The molecule has 4 atom stereocenters. The van der Waals surface area contributed by atoms with Crippen LogP contribution < -0.4 is 20.4 Å². The lowest BCUT2D eigenvalue weighted by molar-refractivity contribution is 0.248. The highest BCUT2D eigenvalue weighted by molar-refractivity contribution is 7.85. The van der Waals surface area contributed by atoms with Gasteiger partial charge in [0.1, 0.15) is 27.2 Å². The minimum atomic E-state index is -1.14. The smallest absolute Gasteiger partial charge is 0.227 e. The van der Waals surface area contributed by atoms with Crippen molar-refractivity contribution in [3.8, 4) is 0 Å². The van der Waals surface area contributed by atoms with Crippen LogP contribution in [0.5, 0.6) is 0 Å². The number of hydrogen-bond donors (Lipinski definition) is 4. The summed E-state index contributed by atoms with van der Waals surface area (Å²) in [5, 5.41) is 26.0. The van der Waals surface area contributed by atoms with E-state index in [2.05, 4.69) is 25.5 Å². The molecule has 49 heavy (non-hydrogen) atoms. The molecule has 0 bridgehead atoms. The van der Waals surface area contributed by atoms with Gasteiger partial charge in [-0.1, -0.05) is 39.3 Å². The Morgan fingerprint density at radius 2 is 1.31 bits per heavy atom. The summed E-state index contributed by atoms with van der Waals surface area (Å²) >= 11 is 11.7. The van der Waals surface area contributed by atoms with E-state index < -0.39 is 21.6 Å². The zero-order chi connectivity index (χ0) is 35.4. The van der Waals surface area contributed by atoms with Crippen LogP contribution in [-0.2, 0) is 34.4 Å². The topological polar surface area (TPSA) is 157 Å². The lowest BCUT2D eigenvalue weighted by Gasteiger charge is -2.36. The highest BCUT2D eigenvalue weighted by atomic mass is 35.5. The second kappa shape index (κ2) is 16.6. The van der Waals surface area contributed by atoms with Crippen LogP contribution in [0.15, 0.2) is 28.0 Å². The maximum atomic E-state index is 14.3. The first kappa shape index (κ1) is 37.6. The molecular weight excluding hydrogens is 714 g/mol. The molecule has 0 saturated carbocycles. The Kier molecular flexibility index (Phi) is 12.7. The van der Waals surface area contributed by atoms with E-state index in [-0.39, 0.29) is 48.2 Å². The standard InChI is InChI=1S/C21H27ClFN5O2S.C11H16ClN3O2S/c1-13(2)17(12-29)24-20-19-16(5-10-31(19)30)25-21(26-20)28-8-6-27(7-9-28)18-4-3-14(22)11-15(18)23;1-6(2)8(5-16)13-10-9-7(3-4-18(9)17)14-11(12)15-10/h3-4,11,13,17,29H,5-10,12H2,1-2H3,(H,24,25,26);6,8,16H,3-5H2,1-2H3,(H,13,14,15)/t17-,31?;8-,18?/m00/s1. The van der Waals surface area contributed by atoms with Gasteiger partial charge in [-0.05, 0) is 41.6 Å². The predicted molar refractivity (Wildman–Crippen MR) is 194 cm³/mol. The molecule has 5 heterocycles. The molecule has 3 aliphatic heterocycles. The first-order chi connectivity index (χ1) is 23.4. The molecule has 268 valence electrons. The molecule has 6 rings (SSSR count). The third kappa shape index (κ3) is 8.79. The number of benzene rings is 1. The van der Waals surface area contributed by atoms with Gasteiger partial charge in [-0.3, -0.25) is 8.42 Å². The fourth-order valence-electron chi connectivity index (χ4n) is 5.77. The molecule has 3 aromatic rings. The van der Waals surface area contributed by atoms with Crippen molar-refractivity contribution in [3.05, 3.63) is 45.7 Å². The van der Waals surface area contributed by atoms with Gasteiger partial charge in [0.2, 0.25) is 11.2 Å². The van der Waals surface area contributed by atoms with Gasteiger partial charge in [0, 0.05) is 55.5 Å². The molecule has 2 unspecified atom stereocenters. The summed E-state index contributed by atoms with van der Waals surface area (Å²) < 4.78 is 38.7. The molecular formula is C32H43Cl2FN8O4S2. The lowest BCUT2D eigenvalue weighted by Crippen LogP contribution is -2.47. The number of nitrogens with zero attached hydrogens (tertiary/aromatic N) is 6. The van der Waals surface area contributed by atoms with E-state index in [1.54, 1.807) is 12.1 Å². The van der Waals surface area contributed by atoms with Crippen LogP contribution in [0.4, 0.5) is 27.7 Å². The number of anilines is 4. The SMILES string of the molecule is CC(C)[C@H](CO)Nc1nc(Cl)nc2c1S(=O)CC2.CC(C)[C@H](CO)Nc1nc(N2CCN(c3ccc(Cl)cc3F)CC2)nc2c1S(=O)CC2. The van der Waals surface area contributed by atoms with Gasteiger partial charge in [0.15, 0.2) is 0 Å². The molecule has 17 heteroatoms. The molecule has 4 N–H and O–H groups in total. The molecule has 3 aliphatic rings. The van der Waals surface area contributed by atoms with Gasteiger partial charge in [-0.2, -0.15) is 9.97 Å². The molecule has 2 aromatic heterocycles. The maximum absolute atomic E-state index is 14.3. The van der Waals surface area contributed by atoms with Crippen molar-refractivity contribution in [1.29, 1.82) is 0 Å². The quantitative estimate of drug-likeness (QED) is 0.222. The monoisotopic (exact) mass is 756 g/mol. The van der Waals surface area contributed by atoms with E-state index in [4.69, 9.17) is 33.2 Å². The summed E-state index contributed by atoms with van der Waals surface area (Å²) in [6.45, 7) is 10.5. The summed E-state index contributed by atoms with van der Waals surface area (Å²) in [5.41, 5.74) is 2.09. The molecule has 0 radical (unpaired) electrons. The van der Waals surface area contributed by atoms with Crippen LogP contribution in [0, 0.1) is 17.7 Å². The summed E-state index contributed by atoms with van der Waals surface area (Å²) in [7, 11) is -2.21. The van der Waals surface area contributed by atoms with E-state index >= 15 is 0 Å². The summed E-state index contributed by atoms with van der Waals surface area (Å²) in [5.74, 6) is 2.82. The largest absolute Gasteiger partial charge is 0.394 e. The van der Waals surface area contributed by atoms with E-state index in [1.807, 2.05) is 32.6 Å². The van der Waals surface area contributed by atoms with Gasteiger partial charge in [0.05, 0.1) is 64.0 Å². The Morgan fingerprint density at radius 3 is 1.82 bits per heavy atom. The molecule has 1 saturated heterocycles. The van der Waals surface area contributed by atoms with Crippen molar-refractivity contribution in [2.75, 3.05) is 71.3 Å². The minimum Gasteiger partial charge on any atom is -0.394 e. The van der Waals surface area contributed by atoms with Crippen molar-refractivity contribution in [3.63, 3.8) is 0 Å². The minimum absolute atomic E-state index is 0.0132. The fraction of sp³-hybridized carbons (Fsp3) is 0.562. The average Bonchev–Trinajstić information content (AvgIpc) is 3.64. The molecule has 1 aromatic carbocycles. The molecule has 0 aliphatic carbocycles. The molecule has 0 spiro atoms. The highest BCUT2D eigenvalue weighted by Crippen LogP contribution is 2.32. The number of hydrogen-bond acceptors (Lipinski definition) is 12. The summed E-state index contributed by atoms with van der Waals surface area (Å²) in [6.07, 6.45) is 1.30. The van der Waals surface area contributed by atoms with Crippen LogP contribution in [0.2, 0.25) is 10.3 Å². The zero-order valence-corrected chi connectivity index (χ0v) is 31.1. The maximum Gasteiger partial charge on any atom is 0.227 e. The van der Waals surface area contributed by atoms with Crippen molar-refractivity contribution >= 4 is 68.1 Å². The lowest BCUT2D eigenvalue weighted by atomic mass is 10.1. The number of aromatic nitrogens is 4. The summed E-state index contributed by atoms with van der Waals surface area (Å²) in [4.78, 5) is 23.0. The van der Waals surface area contributed by atoms with Crippen molar-refractivity contribution in [2.24, 2.45) is 11.8 Å². The fourth-order valence-corrected chi connectivity index (χ4v) is 8.74. The van der Waals surface area contributed by atoms with E-state index in [0.717, 1.165) is 11.4 Å². The Morgan fingerprint density at radius 1 is 0.796 bits per heavy atom. The number of aryl methyl sites for hydroxylation is 2. The van der Waals surface area contributed by atoms with Gasteiger partial charge >= 0.3 is 0 Å². The summed E-state index contributed by atoms with van der Waals surface area (Å²) in [6, 6.07) is 4.40. The number of fused-ring (bicyclic) bond motifs is 2. The van der Waals surface area contributed by atoms with Crippen molar-refractivity contribution in [1.82, 2.24) is 19.9 Å².